The zero-order chi connectivity index (χ0) is 21.3. The van der Waals surface area contributed by atoms with E-state index in [1.807, 2.05) is 12.1 Å². The first-order valence-electron chi connectivity index (χ1n) is 10.6. The molecule has 0 spiro atoms. The second kappa shape index (κ2) is 11.3. The van der Waals surface area contributed by atoms with Crippen LogP contribution in [0.15, 0.2) is 36.4 Å². The van der Waals surface area contributed by atoms with E-state index < -0.39 is 18.2 Å². The summed E-state index contributed by atoms with van der Waals surface area (Å²) in [6, 6.07) is 6.78. The minimum atomic E-state index is -0.596. The van der Waals surface area contributed by atoms with Gasteiger partial charge in [-0.3, -0.25) is 4.79 Å². The van der Waals surface area contributed by atoms with Gasteiger partial charge in [0.2, 0.25) is 5.91 Å². The Hall–Kier alpha value is -2.09. The second-order valence-electron chi connectivity index (χ2n) is 7.87. The first-order chi connectivity index (χ1) is 14.5. The lowest BCUT2D eigenvalue weighted by Crippen LogP contribution is -2.53. The van der Waals surface area contributed by atoms with Crippen molar-refractivity contribution < 1.29 is 19.4 Å². The van der Waals surface area contributed by atoms with Gasteiger partial charge in [-0.1, -0.05) is 55.1 Å². The van der Waals surface area contributed by atoms with E-state index in [-0.39, 0.29) is 31.0 Å². The third-order valence-corrected chi connectivity index (χ3v) is 5.74. The Bertz CT molecular complexity index is 734. The van der Waals surface area contributed by atoms with Crippen molar-refractivity contribution in [2.45, 2.75) is 69.4 Å². The smallest absolute Gasteiger partial charge is 0.315 e. The number of hydrogen-bond acceptors (Lipinski definition) is 4. The predicted octanol–water partition coefficient (Wildman–Crippen LogP) is 2.66. The molecule has 0 aromatic heterocycles. The molecule has 1 heterocycles. The van der Waals surface area contributed by atoms with Crippen LogP contribution in [0.3, 0.4) is 0 Å². The van der Waals surface area contributed by atoms with Crippen LogP contribution in [0, 0.1) is 0 Å². The number of carbonyl (C=O) groups excluding carboxylic acids is 2. The minimum absolute atomic E-state index is 0.140. The fraction of sp³-hybridized carbons (Fsp3) is 0.545. The Morgan fingerprint density at radius 1 is 1.07 bits per heavy atom. The number of nitrogens with one attached hydrogen (secondary N) is 3. The maximum atomic E-state index is 12.3. The van der Waals surface area contributed by atoms with Crippen molar-refractivity contribution in [2.24, 2.45) is 0 Å². The van der Waals surface area contributed by atoms with Gasteiger partial charge in [0.1, 0.15) is 6.10 Å². The Labute approximate surface area is 182 Å². The van der Waals surface area contributed by atoms with Gasteiger partial charge >= 0.3 is 6.03 Å². The van der Waals surface area contributed by atoms with Gasteiger partial charge in [-0.25, -0.2) is 4.79 Å². The number of benzene rings is 1. The van der Waals surface area contributed by atoms with Crippen molar-refractivity contribution in [3.8, 4) is 0 Å². The zero-order valence-corrected chi connectivity index (χ0v) is 17.7. The van der Waals surface area contributed by atoms with Crippen LogP contribution in [0.25, 0.3) is 0 Å². The highest BCUT2D eigenvalue weighted by Crippen LogP contribution is 2.18. The van der Waals surface area contributed by atoms with Crippen LogP contribution in [0.1, 0.15) is 44.1 Å². The van der Waals surface area contributed by atoms with E-state index in [9.17, 15) is 14.7 Å². The first-order valence-corrected chi connectivity index (χ1v) is 10.9. The second-order valence-corrected chi connectivity index (χ2v) is 8.30. The lowest BCUT2D eigenvalue weighted by molar-refractivity contribution is -0.125. The van der Waals surface area contributed by atoms with Crippen LogP contribution in [-0.4, -0.2) is 47.9 Å². The summed E-state index contributed by atoms with van der Waals surface area (Å²) >= 11 is 5.86. The molecular formula is C22H30ClN3O4. The Balaban J connectivity index is 1.44. The van der Waals surface area contributed by atoms with Crippen molar-refractivity contribution in [3.05, 3.63) is 47.0 Å². The molecule has 1 saturated carbocycles. The molecule has 8 heteroatoms. The number of aliphatic hydroxyl groups excluding tert-OH is 1. The van der Waals surface area contributed by atoms with Gasteiger partial charge in [-0.15, -0.1) is 0 Å². The summed E-state index contributed by atoms with van der Waals surface area (Å²) in [6.07, 6.45) is 8.15. The highest BCUT2D eigenvalue weighted by atomic mass is 35.5. The molecule has 7 nitrogen and oxygen atoms in total. The van der Waals surface area contributed by atoms with Crippen molar-refractivity contribution in [3.63, 3.8) is 0 Å². The topological polar surface area (TPSA) is 99.7 Å². The molecule has 1 aromatic rings. The number of hydrogen-bond donors (Lipinski definition) is 4. The van der Waals surface area contributed by atoms with Gasteiger partial charge in [0, 0.05) is 17.6 Å². The average molecular weight is 436 g/mol. The molecule has 1 aliphatic carbocycles. The number of urea groups is 1. The van der Waals surface area contributed by atoms with Crippen LogP contribution in [0.4, 0.5) is 4.79 Å². The maximum Gasteiger partial charge on any atom is 0.315 e. The molecule has 30 heavy (non-hydrogen) atoms. The summed E-state index contributed by atoms with van der Waals surface area (Å²) in [4.78, 5) is 24.5. The summed E-state index contributed by atoms with van der Waals surface area (Å²) in [5, 5.41) is 19.0. The Morgan fingerprint density at radius 2 is 1.80 bits per heavy atom. The van der Waals surface area contributed by atoms with Gasteiger partial charge in [0.05, 0.1) is 25.2 Å². The maximum absolute atomic E-state index is 12.3. The third kappa shape index (κ3) is 7.00. The number of rotatable bonds is 7. The third-order valence-electron chi connectivity index (χ3n) is 5.49. The van der Waals surface area contributed by atoms with Crippen molar-refractivity contribution in [1.29, 1.82) is 0 Å². The van der Waals surface area contributed by atoms with E-state index in [1.165, 1.54) is 6.42 Å². The number of halogens is 1. The average Bonchev–Trinajstić information content (AvgIpc) is 2.75. The molecule has 0 radical (unpaired) electrons. The molecular weight excluding hydrogens is 406 g/mol. The number of ether oxygens (including phenoxy) is 1. The van der Waals surface area contributed by atoms with E-state index in [0.29, 0.717) is 11.6 Å². The molecule has 2 aliphatic rings. The largest absolute Gasteiger partial charge is 0.394 e. The van der Waals surface area contributed by atoms with E-state index in [4.69, 9.17) is 16.3 Å². The molecule has 1 aromatic carbocycles. The van der Waals surface area contributed by atoms with Gasteiger partial charge < -0.3 is 25.8 Å². The number of carbonyl (C=O) groups is 2. The van der Waals surface area contributed by atoms with Crippen molar-refractivity contribution >= 4 is 23.5 Å². The van der Waals surface area contributed by atoms with Gasteiger partial charge in [-0.2, -0.15) is 0 Å². The van der Waals surface area contributed by atoms with Gasteiger partial charge in [-0.05, 0) is 30.5 Å². The van der Waals surface area contributed by atoms with E-state index in [1.54, 1.807) is 24.3 Å². The molecule has 0 unspecified atom stereocenters. The molecule has 164 valence electrons. The Kier molecular flexibility index (Phi) is 8.54. The summed E-state index contributed by atoms with van der Waals surface area (Å²) in [5.74, 6) is -0.155. The van der Waals surface area contributed by atoms with Crippen LogP contribution >= 0.6 is 11.6 Å². The molecule has 0 bridgehead atoms. The highest BCUT2D eigenvalue weighted by molar-refractivity contribution is 6.30. The van der Waals surface area contributed by atoms with Crippen molar-refractivity contribution in [2.75, 3.05) is 6.61 Å². The monoisotopic (exact) mass is 435 g/mol. The molecule has 1 fully saturated rings. The lowest BCUT2D eigenvalue weighted by Gasteiger charge is -2.32. The fourth-order valence-corrected chi connectivity index (χ4v) is 3.95. The number of aliphatic hydroxyl groups is 1. The van der Waals surface area contributed by atoms with E-state index in [2.05, 4.69) is 16.0 Å². The highest BCUT2D eigenvalue weighted by Gasteiger charge is 2.29. The zero-order valence-electron chi connectivity index (χ0n) is 17.0. The Morgan fingerprint density at radius 3 is 2.50 bits per heavy atom. The van der Waals surface area contributed by atoms with E-state index in [0.717, 1.165) is 31.2 Å². The first kappa shape index (κ1) is 22.6. The van der Waals surface area contributed by atoms with Crippen molar-refractivity contribution in [1.82, 2.24) is 16.0 Å². The normalized spacial score (nSPS) is 24.3. The molecule has 4 N–H and O–H groups in total. The molecule has 3 rings (SSSR count). The summed E-state index contributed by atoms with van der Waals surface area (Å²) in [6.45, 7) is 0.156. The SMILES string of the molecule is O=C(C[C@@H]1C=C[C@H](NC(=O)NC2CCCCC2)[C@H](CO)O1)NCc1ccc(Cl)cc1. The van der Waals surface area contributed by atoms with Gasteiger partial charge in [0.25, 0.3) is 0 Å². The fourth-order valence-electron chi connectivity index (χ4n) is 3.82. The molecule has 1 aliphatic heterocycles. The van der Waals surface area contributed by atoms with Gasteiger partial charge in [0.15, 0.2) is 0 Å². The predicted molar refractivity (Wildman–Crippen MR) is 115 cm³/mol. The lowest BCUT2D eigenvalue weighted by atomic mass is 9.96. The summed E-state index contributed by atoms with van der Waals surface area (Å²) in [7, 11) is 0. The minimum Gasteiger partial charge on any atom is -0.394 e. The molecule has 3 atom stereocenters. The number of amides is 3. The van der Waals surface area contributed by atoms with Crippen LogP contribution in [0.5, 0.6) is 0 Å². The van der Waals surface area contributed by atoms with Crippen LogP contribution < -0.4 is 16.0 Å². The summed E-state index contributed by atoms with van der Waals surface area (Å²) in [5.41, 5.74) is 0.953. The quantitative estimate of drug-likeness (QED) is 0.495. The standard InChI is InChI=1S/C22H30ClN3O4/c23-16-8-6-15(7-9-16)13-24-21(28)12-18-10-11-19(20(14-27)30-18)26-22(29)25-17-4-2-1-3-5-17/h6-11,17-20,27H,1-5,12-14H2,(H,24,28)(H2,25,26,29)/t18-,19-,20-/m0/s1. The molecule has 0 saturated heterocycles. The van der Waals surface area contributed by atoms with E-state index >= 15 is 0 Å². The van der Waals surface area contributed by atoms with Crippen LogP contribution in [-0.2, 0) is 16.1 Å². The molecule has 3 amide bonds. The van der Waals surface area contributed by atoms with Crippen LogP contribution in [0.2, 0.25) is 5.02 Å². The summed E-state index contributed by atoms with van der Waals surface area (Å²) < 4.78 is 5.82.